The minimum absolute atomic E-state index is 0.688. The van der Waals surface area contributed by atoms with Crippen molar-refractivity contribution in [1.82, 2.24) is 5.32 Å². The van der Waals surface area contributed by atoms with Gasteiger partial charge >= 0.3 is 0 Å². The average Bonchev–Trinajstić information content (AvgIpc) is 2.89. The summed E-state index contributed by atoms with van der Waals surface area (Å²) < 4.78 is 11.2. The number of hydrogen-bond acceptors (Lipinski definition) is 3. The minimum atomic E-state index is 0.688. The molecule has 0 aliphatic heterocycles. The summed E-state index contributed by atoms with van der Waals surface area (Å²) >= 11 is 0. The SMILES string of the molecule is CCCNCc1ccc(-c2ccc(OCC)cc2)o1. The molecule has 0 fully saturated rings. The maximum absolute atomic E-state index is 5.81. The molecule has 0 unspecified atom stereocenters. The molecule has 0 aliphatic rings. The summed E-state index contributed by atoms with van der Waals surface area (Å²) in [5.41, 5.74) is 1.07. The number of hydrogen-bond donors (Lipinski definition) is 1. The molecule has 2 aromatic rings. The van der Waals surface area contributed by atoms with Crippen molar-refractivity contribution in [3.8, 4) is 17.1 Å². The Labute approximate surface area is 114 Å². The van der Waals surface area contributed by atoms with Crippen LogP contribution in [0.2, 0.25) is 0 Å². The van der Waals surface area contributed by atoms with Crippen LogP contribution in [0.25, 0.3) is 11.3 Å². The number of ether oxygens (including phenoxy) is 1. The summed E-state index contributed by atoms with van der Waals surface area (Å²) in [6.07, 6.45) is 1.13. The van der Waals surface area contributed by atoms with Crippen molar-refractivity contribution in [2.45, 2.75) is 26.8 Å². The molecule has 1 aromatic heterocycles. The molecule has 1 aromatic carbocycles. The molecule has 3 nitrogen and oxygen atoms in total. The molecule has 2 rings (SSSR count). The first-order valence-electron chi connectivity index (χ1n) is 6.86. The van der Waals surface area contributed by atoms with Crippen LogP contribution in [0.3, 0.4) is 0 Å². The van der Waals surface area contributed by atoms with E-state index in [2.05, 4.69) is 12.2 Å². The predicted octanol–water partition coefficient (Wildman–Crippen LogP) is 3.84. The third kappa shape index (κ3) is 3.86. The quantitative estimate of drug-likeness (QED) is 0.767. The van der Waals surface area contributed by atoms with Crippen LogP contribution >= 0.6 is 0 Å². The fraction of sp³-hybridized carbons (Fsp3) is 0.375. The van der Waals surface area contributed by atoms with Gasteiger partial charge in [0.25, 0.3) is 0 Å². The summed E-state index contributed by atoms with van der Waals surface area (Å²) in [4.78, 5) is 0. The van der Waals surface area contributed by atoms with E-state index < -0.39 is 0 Å². The monoisotopic (exact) mass is 259 g/mol. The molecule has 3 heteroatoms. The van der Waals surface area contributed by atoms with Gasteiger partial charge in [-0.15, -0.1) is 0 Å². The summed E-state index contributed by atoms with van der Waals surface area (Å²) in [6.45, 7) is 6.62. The zero-order valence-electron chi connectivity index (χ0n) is 11.6. The van der Waals surface area contributed by atoms with Gasteiger partial charge < -0.3 is 14.5 Å². The third-order valence-electron chi connectivity index (χ3n) is 2.84. The first-order chi connectivity index (χ1) is 9.33. The first kappa shape index (κ1) is 13.7. The van der Waals surface area contributed by atoms with Crippen LogP contribution in [-0.2, 0) is 6.54 Å². The lowest BCUT2D eigenvalue weighted by molar-refractivity contribution is 0.340. The zero-order chi connectivity index (χ0) is 13.5. The van der Waals surface area contributed by atoms with Gasteiger partial charge in [0.1, 0.15) is 17.3 Å². The summed E-state index contributed by atoms with van der Waals surface area (Å²) in [6, 6.07) is 12.0. The van der Waals surface area contributed by atoms with Gasteiger partial charge in [-0.3, -0.25) is 0 Å². The number of furan rings is 1. The van der Waals surface area contributed by atoms with E-state index in [1.165, 1.54) is 0 Å². The van der Waals surface area contributed by atoms with Crippen molar-refractivity contribution < 1.29 is 9.15 Å². The van der Waals surface area contributed by atoms with Gasteiger partial charge in [0.15, 0.2) is 0 Å². The molecule has 0 amide bonds. The molecule has 0 atom stereocenters. The normalized spacial score (nSPS) is 10.6. The molecule has 19 heavy (non-hydrogen) atoms. The smallest absolute Gasteiger partial charge is 0.134 e. The second-order valence-electron chi connectivity index (χ2n) is 4.40. The zero-order valence-corrected chi connectivity index (χ0v) is 11.6. The third-order valence-corrected chi connectivity index (χ3v) is 2.84. The Morgan fingerprint density at radius 2 is 1.84 bits per heavy atom. The molecule has 1 heterocycles. The van der Waals surface area contributed by atoms with Crippen LogP contribution in [0, 0.1) is 0 Å². The van der Waals surface area contributed by atoms with Gasteiger partial charge in [-0.2, -0.15) is 0 Å². The summed E-state index contributed by atoms with van der Waals surface area (Å²) in [5, 5.41) is 3.33. The van der Waals surface area contributed by atoms with Gasteiger partial charge in [0.2, 0.25) is 0 Å². The Hall–Kier alpha value is -1.74. The topological polar surface area (TPSA) is 34.4 Å². The van der Waals surface area contributed by atoms with Crippen molar-refractivity contribution >= 4 is 0 Å². The van der Waals surface area contributed by atoms with E-state index in [0.29, 0.717) is 6.61 Å². The Morgan fingerprint density at radius 1 is 1.05 bits per heavy atom. The van der Waals surface area contributed by atoms with E-state index in [4.69, 9.17) is 9.15 Å². The Balaban J connectivity index is 2.01. The summed E-state index contributed by atoms with van der Waals surface area (Å²) in [5.74, 6) is 2.76. The van der Waals surface area contributed by atoms with Crippen LogP contribution < -0.4 is 10.1 Å². The molecule has 0 aliphatic carbocycles. The average molecular weight is 259 g/mol. The second-order valence-corrected chi connectivity index (χ2v) is 4.40. The minimum Gasteiger partial charge on any atom is -0.494 e. The van der Waals surface area contributed by atoms with Gasteiger partial charge in [-0.1, -0.05) is 6.92 Å². The van der Waals surface area contributed by atoms with E-state index >= 15 is 0 Å². The fourth-order valence-electron chi connectivity index (χ4n) is 1.90. The van der Waals surface area contributed by atoms with Crippen LogP contribution in [0.5, 0.6) is 5.75 Å². The Bertz CT molecular complexity index is 488. The van der Waals surface area contributed by atoms with Crippen molar-refractivity contribution in [1.29, 1.82) is 0 Å². The van der Waals surface area contributed by atoms with Crippen LogP contribution in [0.1, 0.15) is 26.0 Å². The lowest BCUT2D eigenvalue weighted by Gasteiger charge is -2.03. The lowest BCUT2D eigenvalue weighted by atomic mass is 10.2. The van der Waals surface area contributed by atoms with Crippen molar-refractivity contribution in [3.05, 3.63) is 42.2 Å². The highest BCUT2D eigenvalue weighted by Crippen LogP contribution is 2.24. The molecule has 0 bridgehead atoms. The van der Waals surface area contributed by atoms with E-state index in [9.17, 15) is 0 Å². The van der Waals surface area contributed by atoms with Crippen LogP contribution in [0.4, 0.5) is 0 Å². The molecule has 0 saturated heterocycles. The fourth-order valence-corrected chi connectivity index (χ4v) is 1.90. The van der Waals surface area contributed by atoms with Crippen molar-refractivity contribution in [2.24, 2.45) is 0 Å². The van der Waals surface area contributed by atoms with Gasteiger partial charge in [0, 0.05) is 5.56 Å². The number of nitrogens with one attached hydrogen (secondary N) is 1. The number of benzene rings is 1. The maximum Gasteiger partial charge on any atom is 0.134 e. The van der Waals surface area contributed by atoms with E-state index in [0.717, 1.165) is 42.3 Å². The van der Waals surface area contributed by atoms with Gasteiger partial charge in [-0.25, -0.2) is 0 Å². The van der Waals surface area contributed by atoms with Crippen molar-refractivity contribution in [3.63, 3.8) is 0 Å². The Morgan fingerprint density at radius 3 is 2.53 bits per heavy atom. The van der Waals surface area contributed by atoms with Crippen molar-refractivity contribution in [2.75, 3.05) is 13.2 Å². The Kier molecular flexibility index (Phi) is 5.04. The highest BCUT2D eigenvalue weighted by Gasteiger charge is 2.04. The maximum atomic E-state index is 5.81. The lowest BCUT2D eigenvalue weighted by Crippen LogP contribution is -2.12. The van der Waals surface area contributed by atoms with E-state index in [1.807, 2.05) is 43.3 Å². The molecule has 0 spiro atoms. The highest BCUT2D eigenvalue weighted by molar-refractivity contribution is 5.58. The van der Waals surface area contributed by atoms with Gasteiger partial charge in [-0.05, 0) is 56.3 Å². The van der Waals surface area contributed by atoms with Crippen LogP contribution in [-0.4, -0.2) is 13.2 Å². The molecule has 0 radical (unpaired) electrons. The second kappa shape index (κ2) is 7.00. The van der Waals surface area contributed by atoms with E-state index in [-0.39, 0.29) is 0 Å². The largest absolute Gasteiger partial charge is 0.494 e. The molecular weight excluding hydrogens is 238 g/mol. The van der Waals surface area contributed by atoms with Gasteiger partial charge in [0.05, 0.1) is 13.2 Å². The molecule has 102 valence electrons. The highest BCUT2D eigenvalue weighted by atomic mass is 16.5. The molecular formula is C16H21NO2. The summed E-state index contributed by atoms with van der Waals surface area (Å²) in [7, 11) is 0. The van der Waals surface area contributed by atoms with Crippen LogP contribution in [0.15, 0.2) is 40.8 Å². The standard InChI is InChI=1S/C16H21NO2/c1-3-11-17-12-15-9-10-16(19-15)13-5-7-14(8-6-13)18-4-2/h5-10,17H,3-4,11-12H2,1-2H3. The first-order valence-corrected chi connectivity index (χ1v) is 6.86. The van der Waals surface area contributed by atoms with E-state index in [1.54, 1.807) is 0 Å². The predicted molar refractivity (Wildman–Crippen MR) is 77.3 cm³/mol. The number of rotatable bonds is 7. The molecule has 0 saturated carbocycles. The molecule has 1 N–H and O–H groups in total.